The smallest absolute Gasteiger partial charge is 0.333 e. The molecule has 0 radical (unpaired) electrons. The quantitative estimate of drug-likeness (QED) is 0.422. The van der Waals surface area contributed by atoms with Crippen molar-refractivity contribution >= 4 is 11.9 Å². The first-order valence-electron chi connectivity index (χ1n) is 2.64. The summed E-state index contributed by atoms with van der Waals surface area (Å²) in [6.07, 6.45) is 1.02. The van der Waals surface area contributed by atoms with Crippen LogP contribution in [-0.2, 0) is 14.3 Å². The van der Waals surface area contributed by atoms with E-state index in [0.717, 1.165) is 6.08 Å². The van der Waals surface area contributed by atoms with E-state index >= 15 is 0 Å². The Balaban J connectivity index is 4.19. The minimum atomic E-state index is -0.650. The molecule has 0 aromatic carbocycles. The van der Waals surface area contributed by atoms with Gasteiger partial charge < -0.3 is 10.5 Å². The lowest BCUT2D eigenvalue weighted by Crippen LogP contribution is -2.10. The van der Waals surface area contributed by atoms with Crippen LogP contribution in [0.4, 0.5) is 0 Å². The van der Waals surface area contributed by atoms with Gasteiger partial charge in [-0.2, -0.15) is 0 Å². The van der Waals surface area contributed by atoms with Crippen LogP contribution >= 0.6 is 0 Å². The molecule has 0 spiro atoms. The van der Waals surface area contributed by atoms with Crippen LogP contribution in [0.25, 0.3) is 0 Å². The third-order valence-corrected chi connectivity index (χ3v) is 0.866. The first-order chi connectivity index (χ1) is 4.57. The van der Waals surface area contributed by atoms with Gasteiger partial charge in [-0.3, -0.25) is 4.79 Å². The second-order valence-corrected chi connectivity index (χ2v) is 1.72. The van der Waals surface area contributed by atoms with Gasteiger partial charge in [-0.25, -0.2) is 4.79 Å². The Hall–Kier alpha value is -1.32. The number of esters is 1. The maximum absolute atomic E-state index is 10.5. The van der Waals surface area contributed by atoms with Crippen LogP contribution in [-0.4, -0.2) is 19.0 Å². The molecular weight excluding hydrogens is 134 g/mol. The fourth-order valence-electron chi connectivity index (χ4n) is 0.433. The van der Waals surface area contributed by atoms with E-state index in [1.54, 1.807) is 0 Å². The number of primary amides is 1. The van der Waals surface area contributed by atoms with Crippen molar-refractivity contribution < 1.29 is 14.3 Å². The highest BCUT2D eigenvalue weighted by Crippen LogP contribution is 1.93. The van der Waals surface area contributed by atoms with Gasteiger partial charge >= 0.3 is 5.97 Å². The summed E-state index contributed by atoms with van der Waals surface area (Å²) in [4.78, 5) is 20.7. The SMILES string of the molecule is COC(=O)/C(C)=C/C(N)=O. The molecule has 1 amide bonds. The van der Waals surface area contributed by atoms with Crippen molar-refractivity contribution in [2.75, 3.05) is 7.11 Å². The lowest BCUT2D eigenvalue weighted by molar-refractivity contribution is -0.136. The van der Waals surface area contributed by atoms with Crippen molar-refractivity contribution in [1.29, 1.82) is 0 Å². The van der Waals surface area contributed by atoms with Gasteiger partial charge in [0.1, 0.15) is 0 Å². The highest BCUT2D eigenvalue weighted by atomic mass is 16.5. The van der Waals surface area contributed by atoms with Crippen molar-refractivity contribution in [3.8, 4) is 0 Å². The second kappa shape index (κ2) is 3.66. The topological polar surface area (TPSA) is 69.4 Å². The molecular formula is C6H9NO3. The molecule has 56 valence electrons. The number of ether oxygens (including phenoxy) is 1. The lowest BCUT2D eigenvalue weighted by atomic mass is 10.3. The van der Waals surface area contributed by atoms with E-state index in [1.807, 2.05) is 0 Å². The maximum atomic E-state index is 10.5. The normalized spacial score (nSPS) is 10.8. The number of hydrogen-bond acceptors (Lipinski definition) is 3. The molecule has 0 unspecified atom stereocenters. The minimum absolute atomic E-state index is 0.204. The Bertz CT molecular complexity index is 183. The second-order valence-electron chi connectivity index (χ2n) is 1.72. The van der Waals surface area contributed by atoms with Gasteiger partial charge in [-0.05, 0) is 6.92 Å². The Morgan fingerprint density at radius 2 is 2.00 bits per heavy atom. The van der Waals surface area contributed by atoms with E-state index in [2.05, 4.69) is 4.74 Å². The van der Waals surface area contributed by atoms with E-state index in [9.17, 15) is 9.59 Å². The molecule has 4 heteroatoms. The monoisotopic (exact) mass is 143 g/mol. The first-order valence-corrected chi connectivity index (χ1v) is 2.64. The molecule has 2 N–H and O–H groups in total. The molecule has 0 aromatic heterocycles. The van der Waals surface area contributed by atoms with Crippen LogP contribution in [0.1, 0.15) is 6.92 Å². The Morgan fingerprint density at radius 3 is 2.30 bits per heavy atom. The highest BCUT2D eigenvalue weighted by molar-refractivity contribution is 5.97. The Labute approximate surface area is 58.7 Å². The zero-order valence-corrected chi connectivity index (χ0v) is 5.88. The molecule has 0 aromatic rings. The summed E-state index contributed by atoms with van der Waals surface area (Å²) in [5.74, 6) is -1.19. The minimum Gasteiger partial charge on any atom is -0.466 e. The fraction of sp³-hybridized carbons (Fsp3) is 0.333. The van der Waals surface area contributed by atoms with Gasteiger partial charge in [0.2, 0.25) is 5.91 Å². The third-order valence-electron chi connectivity index (χ3n) is 0.866. The number of rotatable bonds is 2. The summed E-state index contributed by atoms with van der Waals surface area (Å²) in [5, 5.41) is 0. The van der Waals surface area contributed by atoms with Gasteiger partial charge in [-0.1, -0.05) is 0 Å². The van der Waals surface area contributed by atoms with E-state index in [-0.39, 0.29) is 5.57 Å². The van der Waals surface area contributed by atoms with E-state index < -0.39 is 11.9 Å². The summed E-state index contributed by atoms with van der Waals surface area (Å²) < 4.78 is 4.30. The molecule has 0 heterocycles. The zero-order valence-electron chi connectivity index (χ0n) is 5.88. The van der Waals surface area contributed by atoms with Crippen molar-refractivity contribution in [3.05, 3.63) is 11.6 Å². The van der Waals surface area contributed by atoms with E-state index in [1.165, 1.54) is 14.0 Å². The molecule has 0 fully saturated rings. The van der Waals surface area contributed by atoms with Gasteiger partial charge in [0, 0.05) is 11.6 Å². The lowest BCUT2D eigenvalue weighted by Gasteiger charge is -1.94. The summed E-state index contributed by atoms with van der Waals surface area (Å²) in [7, 11) is 1.24. The number of amides is 1. The average Bonchev–Trinajstić information content (AvgIpc) is 1.85. The molecule has 0 saturated carbocycles. The highest BCUT2D eigenvalue weighted by Gasteiger charge is 2.02. The third kappa shape index (κ3) is 2.86. The van der Waals surface area contributed by atoms with Crippen LogP contribution in [0.3, 0.4) is 0 Å². The van der Waals surface area contributed by atoms with E-state index in [0.29, 0.717) is 0 Å². The van der Waals surface area contributed by atoms with Crippen molar-refractivity contribution in [2.24, 2.45) is 5.73 Å². The van der Waals surface area contributed by atoms with Crippen LogP contribution in [0, 0.1) is 0 Å². The Morgan fingerprint density at radius 1 is 1.50 bits per heavy atom. The number of carbonyl (C=O) groups is 2. The molecule has 0 aliphatic carbocycles. The molecule has 4 nitrogen and oxygen atoms in total. The van der Waals surface area contributed by atoms with Crippen molar-refractivity contribution in [3.63, 3.8) is 0 Å². The average molecular weight is 143 g/mol. The number of nitrogens with two attached hydrogens (primary N) is 1. The van der Waals surface area contributed by atoms with Gasteiger partial charge in [0.25, 0.3) is 0 Å². The van der Waals surface area contributed by atoms with Crippen LogP contribution in [0.15, 0.2) is 11.6 Å². The number of carbonyl (C=O) groups excluding carboxylic acids is 2. The molecule has 0 rings (SSSR count). The molecule has 10 heavy (non-hydrogen) atoms. The predicted molar refractivity (Wildman–Crippen MR) is 35.0 cm³/mol. The van der Waals surface area contributed by atoms with Crippen LogP contribution in [0.5, 0.6) is 0 Å². The Kier molecular flexibility index (Phi) is 3.17. The van der Waals surface area contributed by atoms with Gasteiger partial charge in [0.15, 0.2) is 0 Å². The van der Waals surface area contributed by atoms with Crippen LogP contribution in [0.2, 0.25) is 0 Å². The summed E-state index contributed by atoms with van der Waals surface area (Å²) in [5.41, 5.74) is 4.97. The zero-order chi connectivity index (χ0) is 8.15. The largest absolute Gasteiger partial charge is 0.466 e. The number of methoxy groups -OCH3 is 1. The van der Waals surface area contributed by atoms with Crippen molar-refractivity contribution in [2.45, 2.75) is 6.92 Å². The molecule has 0 aliphatic heterocycles. The molecule has 0 saturated heterocycles. The summed E-state index contributed by atoms with van der Waals surface area (Å²) in [6, 6.07) is 0. The standard InChI is InChI=1S/C6H9NO3/c1-4(3-5(7)8)6(9)10-2/h3H,1-2H3,(H2,7,8)/b4-3+. The fourth-order valence-corrected chi connectivity index (χ4v) is 0.433. The molecule has 0 aliphatic rings. The van der Waals surface area contributed by atoms with Gasteiger partial charge in [0.05, 0.1) is 7.11 Å². The van der Waals surface area contributed by atoms with E-state index in [4.69, 9.17) is 5.73 Å². The number of hydrogen-bond donors (Lipinski definition) is 1. The summed E-state index contributed by atoms with van der Waals surface area (Å²) in [6.45, 7) is 1.45. The first kappa shape index (κ1) is 8.68. The van der Waals surface area contributed by atoms with Crippen molar-refractivity contribution in [1.82, 2.24) is 0 Å². The van der Waals surface area contributed by atoms with Gasteiger partial charge in [-0.15, -0.1) is 0 Å². The van der Waals surface area contributed by atoms with Crippen LogP contribution < -0.4 is 5.73 Å². The summed E-state index contributed by atoms with van der Waals surface area (Å²) >= 11 is 0. The maximum Gasteiger partial charge on any atom is 0.333 e. The molecule has 0 atom stereocenters. The molecule has 0 bridgehead atoms. The predicted octanol–water partition coefficient (Wildman–Crippen LogP) is -0.409.